The molecule has 11 heteroatoms. The zero-order valence-corrected chi connectivity index (χ0v) is 17.4. The standard InChI is InChI=1S/C20H14ClF2N3O4S/c1-29-16-8-13(22)17(7-12(16)21)31(27,28)26-14-4-2-3-10(19(14)23)11-9-30-15-5-6-25-20(24)18(11)15/h2-9,26H,1H3,(H2,24,25). The van der Waals surface area contributed by atoms with Crippen molar-refractivity contribution in [1.82, 2.24) is 4.98 Å². The van der Waals surface area contributed by atoms with Gasteiger partial charge in [0.1, 0.15) is 27.9 Å². The first-order chi connectivity index (χ1) is 14.7. The molecule has 0 bridgehead atoms. The summed E-state index contributed by atoms with van der Waals surface area (Å²) < 4.78 is 67.4. The quantitative estimate of drug-likeness (QED) is 0.437. The number of furan rings is 1. The maximum atomic E-state index is 15.3. The van der Waals surface area contributed by atoms with Crippen LogP contribution in [0.3, 0.4) is 0 Å². The van der Waals surface area contributed by atoms with Crippen molar-refractivity contribution >= 4 is 44.1 Å². The molecule has 0 atom stereocenters. The number of fused-ring (bicyclic) bond motifs is 1. The fraction of sp³-hybridized carbons (Fsp3) is 0.0500. The number of benzene rings is 2. The highest BCUT2D eigenvalue weighted by atomic mass is 35.5. The first-order valence-corrected chi connectivity index (χ1v) is 10.6. The highest BCUT2D eigenvalue weighted by Gasteiger charge is 2.24. The molecular weight excluding hydrogens is 452 g/mol. The minimum absolute atomic E-state index is 0.0203. The Morgan fingerprint density at radius 3 is 2.71 bits per heavy atom. The smallest absolute Gasteiger partial charge is 0.264 e. The number of nitrogens with zero attached hydrogens (tertiary/aromatic N) is 1. The van der Waals surface area contributed by atoms with Crippen LogP contribution in [-0.4, -0.2) is 20.5 Å². The Morgan fingerprint density at radius 2 is 1.97 bits per heavy atom. The summed E-state index contributed by atoms with van der Waals surface area (Å²) in [4.78, 5) is 3.21. The number of nitrogens with two attached hydrogens (primary N) is 1. The van der Waals surface area contributed by atoms with Gasteiger partial charge in [0, 0.05) is 23.4 Å². The van der Waals surface area contributed by atoms with Gasteiger partial charge >= 0.3 is 0 Å². The third kappa shape index (κ3) is 3.64. The summed E-state index contributed by atoms with van der Waals surface area (Å²) in [7, 11) is -3.26. The third-order valence-corrected chi connectivity index (χ3v) is 6.22. The SMILES string of the molecule is COc1cc(F)c(S(=O)(=O)Nc2cccc(-c3coc4ccnc(N)c34)c2F)cc1Cl. The second-order valence-corrected chi connectivity index (χ2v) is 8.47. The minimum Gasteiger partial charge on any atom is -0.495 e. The number of anilines is 2. The topological polar surface area (TPSA) is 107 Å². The van der Waals surface area contributed by atoms with E-state index < -0.39 is 32.2 Å². The minimum atomic E-state index is -4.52. The summed E-state index contributed by atoms with van der Waals surface area (Å²) in [6.45, 7) is 0. The van der Waals surface area contributed by atoms with Crippen molar-refractivity contribution < 1.29 is 26.4 Å². The Bertz CT molecular complexity index is 1420. The lowest BCUT2D eigenvalue weighted by atomic mass is 10.0. The number of hydrogen-bond donors (Lipinski definition) is 2. The van der Waals surface area contributed by atoms with E-state index >= 15 is 4.39 Å². The van der Waals surface area contributed by atoms with Gasteiger partial charge in [-0.15, -0.1) is 0 Å². The van der Waals surface area contributed by atoms with Crippen LogP contribution in [0.4, 0.5) is 20.3 Å². The summed E-state index contributed by atoms with van der Waals surface area (Å²) in [5.41, 5.74) is 6.19. The second kappa shape index (κ2) is 7.71. The molecule has 0 fully saturated rings. The second-order valence-electron chi connectivity index (χ2n) is 6.41. The third-order valence-electron chi connectivity index (χ3n) is 4.54. The molecule has 0 radical (unpaired) electrons. The van der Waals surface area contributed by atoms with Crippen molar-refractivity contribution in [2.24, 2.45) is 0 Å². The molecule has 0 saturated heterocycles. The molecule has 0 aliphatic carbocycles. The van der Waals surface area contributed by atoms with Gasteiger partial charge in [-0.25, -0.2) is 22.2 Å². The first kappa shape index (κ1) is 20.9. The highest BCUT2D eigenvalue weighted by molar-refractivity contribution is 7.92. The fourth-order valence-electron chi connectivity index (χ4n) is 3.10. The summed E-state index contributed by atoms with van der Waals surface area (Å²) >= 11 is 5.92. The van der Waals surface area contributed by atoms with Crippen LogP contribution >= 0.6 is 11.6 Å². The van der Waals surface area contributed by atoms with Crippen LogP contribution in [0.1, 0.15) is 0 Å². The van der Waals surface area contributed by atoms with Gasteiger partial charge in [-0.3, -0.25) is 4.72 Å². The molecule has 4 rings (SSSR count). The van der Waals surface area contributed by atoms with Gasteiger partial charge in [-0.2, -0.15) is 0 Å². The molecule has 0 unspecified atom stereocenters. The van der Waals surface area contributed by atoms with E-state index in [0.717, 1.165) is 12.1 Å². The highest BCUT2D eigenvalue weighted by Crippen LogP contribution is 2.37. The molecular formula is C20H14ClF2N3O4S. The van der Waals surface area contributed by atoms with Gasteiger partial charge in [0.2, 0.25) is 0 Å². The number of pyridine rings is 1. The molecule has 0 saturated carbocycles. The number of ether oxygens (including phenoxy) is 1. The van der Waals surface area contributed by atoms with Gasteiger partial charge < -0.3 is 14.9 Å². The molecule has 0 amide bonds. The van der Waals surface area contributed by atoms with Crippen molar-refractivity contribution in [2.75, 3.05) is 17.6 Å². The molecule has 31 heavy (non-hydrogen) atoms. The van der Waals surface area contributed by atoms with E-state index in [1.54, 1.807) is 6.07 Å². The number of nitrogen functional groups attached to an aromatic ring is 1. The van der Waals surface area contributed by atoms with Crippen LogP contribution in [-0.2, 0) is 10.0 Å². The van der Waals surface area contributed by atoms with Crippen LogP contribution in [0.25, 0.3) is 22.1 Å². The van der Waals surface area contributed by atoms with Crippen LogP contribution in [0.15, 0.2) is 58.2 Å². The first-order valence-electron chi connectivity index (χ1n) is 8.69. The van der Waals surface area contributed by atoms with E-state index in [2.05, 4.69) is 9.71 Å². The maximum absolute atomic E-state index is 15.3. The number of sulfonamides is 1. The van der Waals surface area contributed by atoms with Crippen LogP contribution < -0.4 is 15.2 Å². The Kier molecular flexibility index (Phi) is 5.19. The lowest BCUT2D eigenvalue weighted by Crippen LogP contribution is -2.16. The fourth-order valence-corrected chi connectivity index (χ4v) is 4.55. The molecule has 2 heterocycles. The number of methoxy groups -OCH3 is 1. The summed E-state index contributed by atoms with van der Waals surface area (Å²) in [5, 5.41) is 0.265. The molecule has 7 nitrogen and oxygen atoms in total. The van der Waals surface area contributed by atoms with Crippen LogP contribution in [0.2, 0.25) is 5.02 Å². The van der Waals surface area contributed by atoms with E-state index in [1.807, 2.05) is 0 Å². The van der Waals surface area contributed by atoms with Crippen molar-refractivity contribution in [3.05, 3.63) is 65.5 Å². The average molecular weight is 466 g/mol. The van der Waals surface area contributed by atoms with Crippen molar-refractivity contribution in [1.29, 1.82) is 0 Å². The van der Waals surface area contributed by atoms with Crippen molar-refractivity contribution in [3.8, 4) is 16.9 Å². The zero-order valence-electron chi connectivity index (χ0n) is 15.8. The van der Waals surface area contributed by atoms with Gasteiger partial charge in [-0.05, 0) is 18.2 Å². The Morgan fingerprint density at radius 1 is 1.19 bits per heavy atom. The van der Waals surface area contributed by atoms with E-state index in [9.17, 15) is 12.8 Å². The lowest BCUT2D eigenvalue weighted by Gasteiger charge is -2.13. The number of halogens is 3. The van der Waals surface area contributed by atoms with Crippen LogP contribution in [0.5, 0.6) is 5.75 Å². The van der Waals surface area contributed by atoms with Crippen molar-refractivity contribution in [2.45, 2.75) is 4.90 Å². The Labute approximate surface area is 180 Å². The number of hydrogen-bond acceptors (Lipinski definition) is 6. The molecule has 0 aliphatic heterocycles. The molecule has 3 N–H and O–H groups in total. The number of rotatable bonds is 5. The molecule has 2 aromatic carbocycles. The molecule has 0 spiro atoms. The average Bonchev–Trinajstić information content (AvgIpc) is 3.16. The number of nitrogens with one attached hydrogen (secondary N) is 1. The molecule has 160 valence electrons. The predicted molar refractivity (Wildman–Crippen MR) is 113 cm³/mol. The Balaban J connectivity index is 1.78. The normalized spacial score (nSPS) is 11.6. The van der Waals surface area contributed by atoms with E-state index in [-0.39, 0.29) is 27.7 Å². The van der Waals surface area contributed by atoms with E-state index in [1.165, 1.54) is 37.8 Å². The Hall–Kier alpha value is -3.37. The van der Waals surface area contributed by atoms with Crippen LogP contribution in [0, 0.1) is 11.6 Å². The molecule has 0 aliphatic rings. The van der Waals surface area contributed by atoms with Crippen molar-refractivity contribution in [3.63, 3.8) is 0 Å². The monoisotopic (exact) mass is 465 g/mol. The van der Waals surface area contributed by atoms with E-state index in [4.69, 9.17) is 26.5 Å². The van der Waals surface area contributed by atoms with Gasteiger partial charge in [-0.1, -0.05) is 23.7 Å². The van der Waals surface area contributed by atoms with Gasteiger partial charge in [0.25, 0.3) is 10.0 Å². The van der Waals surface area contributed by atoms with Gasteiger partial charge in [0.05, 0.1) is 29.5 Å². The number of aromatic nitrogens is 1. The van der Waals surface area contributed by atoms with Gasteiger partial charge in [0.15, 0.2) is 5.82 Å². The summed E-state index contributed by atoms with van der Waals surface area (Å²) in [6, 6.07) is 7.33. The summed E-state index contributed by atoms with van der Waals surface area (Å²) in [6.07, 6.45) is 2.74. The van der Waals surface area contributed by atoms with E-state index in [0.29, 0.717) is 11.0 Å². The maximum Gasteiger partial charge on any atom is 0.264 e. The zero-order chi connectivity index (χ0) is 22.3. The molecule has 2 aromatic heterocycles. The molecule has 4 aromatic rings. The lowest BCUT2D eigenvalue weighted by molar-refractivity contribution is 0.410. The largest absolute Gasteiger partial charge is 0.495 e. The predicted octanol–water partition coefficient (Wildman–Crippen LogP) is 4.82. The summed E-state index contributed by atoms with van der Waals surface area (Å²) in [5.74, 6) is -1.92.